The van der Waals surface area contributed by atoms with Gasteiger partial charge in [-0.1, -0.05) is 36.4 Å². The molecule has 184 valence electrons. The van der Waals surface area contributed by atoms with Crippen molar-refractivity contribution < 1.29 is 14.2 Å². The maximum Gasteiger partial charge on any atom is 0.143 e. The molecule has 36 heavy (non-hydrogen) atoms. The molecule has 0 N–H and O–H groups in total. The molecule has 0 atom stereocenters. The largest absolute Gasteiger partial charge is 0.497 e. The van der Waals surface area contributed by atoms with Gasteiger partial charge in [-0.2, -0.15) is 0 Å². The molecule has 0 aliphatic carbocycles. The van der Waals surface area contributed by atoms with Crippen LogP contribution in [-0.4, -0.2) is 32.2 Å². The maximum absolute atomic E-state index is 6.56. The fourth-order valence-electron chi connectivity index (χ4n) is 4.73. The SMILES string of the molecule is COc1ccc(-c2ccc3cc(OC)ccc3c2Oc2ccc(CC=CN3CCCCC3)cc2)cc1. The monoisotopic (exact) mass is 479 g/mol. The summed E-state index contributed by atoms with van der Waals surface area (Å²) >= 11 is 0. The van der Waals surface area contributed by atoms with Crippen molar-refractivity contribution in [3.05, 3.63) is 96.7 Å². The van der Waals surface area contributed by atoms with Crippen molar-refractivity contribution in [3.63, 3.8) is 0 Å². The van der Waals surface area contributed by atoms with E-state index in [-0.39, 0.29) is 0 Å². The molecule has 1 aliphatic rings. The second-order valence-corrected chi connectivity index (χ2v) is 9.19. The van der Waals surface area contributed by atoms with Gasteiger partial charge in [0.1, 0.15) is 23.0 Å². The molecule has 1 fully saturated rings. The highest BCUT2D eigenvalue weighted by atomic mass is 16.5. The first kappa shape index (κ1) is 23.8. The summed E-state index contributed by atoms with van der Waals surface area (Å²) in [7, 11) is 3.37. The molecule has 0 bridgehead atoms. The Balaban J connectivity index is 1.41. The average Bonchev–Trinajstić information content (AvgIpc) is 2.94. The number of nitrogens with zero attached hydrogens (tertiary/aromatic N) is 1. The standard InChI is InChI=1S/C32H33NO3/c1-34-27-15-10-25(11-16-27)30-18-12-26-23-29(35-2)17-19-31(26)32(30)36-28-13-8-24(9-14-28)7-6-22-33-20-4-3-5-21-33/h6,8-19,22-23H,3-5,7,20-21H2,1-2H3. The van der Waals surface area contributed by atoms with E-state index in [0.29, 0.717) is 0 Å². The molecular formula is C32H33NO3. The Morgan fingerprint density at radius 3 is 2.14 bits per heavy atom. The Hall–Kier alpha value is -3.92. The predicted octanol–water partition coefficient (Wildman–Crippen LogP) is 7.86. The zero-order valence-corrected chi connectivity index (χ0v) is 21.1. The van der Waals surface area contributed by atoms with Gasteiger partial charge in [-0.3, -0.25) is 0 Å². The van der Waals surface area contributed by atoms with Gasteiger partial charge >= 0.3 is 0 Å². The van der Waals surface area contributed by atoms with Gasteiger partial charge in [-0.15, -0.1) is 0 Å². The zero-order valence-electron chi connectivity index (χ0n) is 21.1. The van der Waals surface area contributed by atoms with E-state index in [9.17, 15) is 0 Å². The van der Waals surface area contributed by atoms with Gasteiger partial charge in [0.2, 0.25) is 0 Å². The summed E-state index contributed by atoms with van der Waals surface area (Å²) < 4.78 is 17.4. The molecule has 1 saturated heterocycles. The summed E-state index contributed by atoms with van der Waals surface area (Å²) in [5.74, 6) is 3.30. The molecule has 4 heteroatoms. The third-order valence-corrected chi connectivity index (χ3v) is 6.78. The quantitative estimate of drug-likeness (QED) is 0.257. The van der Waals surface area contributed by atoms with Crippen LogP contribution in [0.5, 0.6) is 23.0 Å². The summed E-state index contributed by atoms with van der Waals surface area (Å²) in [6.45, 7) is 2.35. The molecule has 0 amide bonds. The smallest absolute Gasteiger partial charge is 0.143 e. The molecule has 0 saturated carbocycles. The predicted molar refractivity (Wildman–Crippen MR) is 147 cm³/mol. The lowest BCUT2D eigenvalue weighted by atomic mass is 9.99. The summed E-state index contributed by atoms with van der Waals surface area (Å²) in [4.78, 5) is 2.43. The first-order chi connectivity index (χ1) is 17.7. The first-order valence-corrected chi connectivity index (χ1v) is 12.7. The van der Waals surface area contributed by atoms with E-state index in [1.165, 1.54) is 37.9 Å². The fourth-order valence-corrected chi connectivity index (χ4v) is 4.73. The minimum atomic E-state index is 0.817. The topological polar surface area (TPSA) is 30.9 Å². The Morgan fingerprint density at radius 1 is 0.722 bits per heavy atom. The van der Waals surface area contributed by atoms with E-state index >= 15 is 0 Å². The van der Waals surface area contributed by atoms with Crippen LogP contribution in [0.25, 0.3) is 21.9 Å². The number of hydrogen-bond acceptors (Lipinski definition) is 4. The van der Waals surface area contributed by atoms with E-state index in [0.717, 1.165) is 51.3 Å². The number of hydrogen-bond donors (Lipinski definition) is 0. The van der Waals surface area contributed by atoms with Crippen molar-refractivity contribution >= 4 is 10.8 Å². The average molecular weight is 480 g/mol. The van der Waals surface area contributed by atoms with Gasteiger partial charge in [0, 0.05) is 24.0 Å². The molecule has 4 aromatic rings. The molecule has 0 unspecified atom stereocenters. The van der Waals surface area contributed by atoms with Crippen molar-refractivity contribution in [1.82, 2.24) is 4.90 Å². The molecular weight excluding hydrogens is 446 g/mol. The number of likely N-dealkylation sites (tertiary alicyclic amines) is 1. The van der Waals surface area contributed by atoms with E-state index in [2.05, 4.69) is 71.8 Å². The zero-order chi connectivity index (χ0) is 24.7. The van der Waals surface area contributed by atoms with Gasteiger partial charge < -0.3 is 19.1 Å². The Bertz CT molecular complexity index is 1320. The number of fused-ring (bicyclic) bond motifs is 1. The van der Waals surface area contributed by atoms with Crippen LogP contribution in [0, 0.1) is 0 Å². The Morgan fingerprint density at radius 2 is 1.42 bits per heavy atom. The number of rotatable bonds is 8. The molecule has 5 rings (SSSR count). The third-order valence-electron chi connectivity index (χ3n) is 6.78. The summed E-state index contributed by atoms with van der Waals surface area (Å²) in [5, 5.41) is 2.11. The van der Waals surface area contributed by atoms with Crippen LogP contribution in [0.1, 0.15) is 24.8 Å². The second kappa shape index (κ2) is 11.2. The highest BCUT2D eigenvalue weighted by Crippen LogP contribution is 2.41. The number of piperidine rings is 1. The lowest BCUT2D eigenvalue weighted by molar-refractivity contribution is 0.309. The molecule has 1 aliphatic heterocycles. The van der Waals surface area contributed by atoms with Crippen molar-refractivity contribution in [2.75, 3.05) is 27.3 Å². The van der Waals surface area contributed by atoms with Crippen LogP contribution < -0.4 is 14.2 Å². The summed E-state index contributed by atoms with van der Waals surface area (Å²) in [6, 6.07) is 26.8. The third kappa shape index (κ3) is 5.49. The molecule has 4 aromatic carbocycles. The highest BCUT2D eigenvalue weighted by molar-refractivity contribution is 5.96. The van der Waals surface area contributed by atoms with Crippen molar-refractivity contribution in [1.29, 1.82) is 0 Å². The van der Waals surface area contributed by atoms with Crippen LogP contribution in [0.15, 0.2) is 91.1 Å². The van der Waals surface area contributed by atoms with Crippen molar-refractivity contribution in [2.45, 2.75) is 25.7 Å². The van der Waals surface area contributed by atoms with Gasteiger partial charge in [0.15, 0.2) is 0 Å². The number of benzene rings is 4. The van der Waals surface area contributed by atoms with E-state index in [1.54, 1.807) is 14.2 Å². The normalized spacial score (nSPS) is 13.8. The highest BCUT2D eigenvalue weighted by Gasteiger charge is 2.14. The van der Waals surface area contributed by atoms with E-state index in [1.807, 2.05) is 24.3 Å². The van der Waals surface area contributed by atoms with Crippen molar-refractivity contribution in [2.24, 2.45) is 0 Å². The van der Waals surface area contributed by atoms with Crippen LogP contribution >= 0.6 is 0 Å². The number of ether oxygens (including phenoxy) is 3. The van der Waals surface area contributed by atoms with Gasteiger partial charge in [0.05, 0.1) is 14.2 Å². The number of methoxy groups -OCH3 is 2. The van der Waals surface area contributed by atoms with Crippen molar-refractivity contribution in [3.8, 4) is 34.1 Å². The van der Waals surface area contributed by atoms with E-state index < -0.39 is 0 Å². The summed E-state index contributed by atoms with van der Waals surface area (Å²) in [6.07, 6.45) is 9.40. The van der Waals surface area contributed by atoms with Gasteiger partial charge in [-0.05, 0) is 96.9 Å². The minimum Gasteiger partial charge on any atom is -0.497 e. The molecule has 1 heterocycles. The molecule has 0 radical (unpaired) electrons. The Labute approximate surface area is 213 Å². The molecule has 0 spiro atoms. The number of allylic oxidation sites excluding steroid dienone is 1. The first-order valence-electron chi connectivity index (χ1n) is 12.7. The molecule has 0 aromatic heterocycles. The lowest BCUT2D eigenvalue weighted by Gasteiger charge is -2.24. The van der Waals surface area contributed by atoms with Crippen LogP contribution in [0.3, 0.4) is 0 Å². The van der Waals surface area contributed by atoms with Crippen LogP contribution in [-0.2, 0) is 6.42 Å². The minimum absolute atomic E-state index is 0.817. The maximum atomic E-state index is 6.56. The van der Waals surface area contributed by atoms with Crippen LogP contribution in [0.2, 0.25) is 0 Å². The lowest BCUT2D eigenvalue weighted by Crippen LogP contribution is -2.24. The van der Waals surface area contributed by atoms with Gasteiger partial charge in [0.25, 0.3) is 0 Å². The van der Waals surface area contributed by atoms with Gasteiger partial charge in [-0.25, -0.2) is 0 Å². The van der Waals surface area contributed by atoms with E-state index in [4.69, 9.17) is 14.2 Å². The molecule has 4 nitrogen and oxygen atoms in total. The Kier molecular flexibility index (Phi) is 7.41. The second-order valence-electron chi connectivity index (χ2n) is 9.19. The summed E-state index contributed by atoms with van der Waals surface area (Å²) in [5.41, 5.74) is 3.38. The fraction of sp³-hybridized carbons (Fsp3) is 0.250. The van der Waals surface area contributed by atoms with Crippen LogP contribution in [0.4, 0.5) is 0 Å².